The molecule has 0 aliphatic heterocycles. The Morgan fingerprint density at radius 2 is 2.12 bits per heavy atom. The molecule has 0 spiro atoms. The summed E-state index contributed by atoms with van der Waals surface area (Å²) in [6, 6.07) is 4.06. The van der Waals surface area contributed by atoms with Crippen molar-refractivity contribution in [2.75, 3.05) is 6.54 Å². The molecule has 1 aliphatic rings. The van der Waals surface area contributed by atoms with Crippen molar-refractivity contribution in [3.8, 4) is 12.1 Å². The van der Waals surface area contributed by atoms with Crippen LogP contribution in [0.1, 0.15) is 26.7 Å². The Morgan fingerprint density at radius 3 is 2.65 bits per heavy atom. The lowest BCUT2D eigenvalue weighted by Gasteiger charge is -2.31. The average Bonchev–Trinajstić information content (AvgIpc) is 2.26. The standard InChI is InChI=1S/C14H17N3/c1-4-5-17-13-6-11(12(9-15)10-16)7-14(2,3)8-13/h4,6,12H,1,5,7-8H2,2-3H3. The van der Waals surface area contributed by atoms with Gasteiger partial charge in [0.1, 0.15) is 0 Å². The van der Waals surface area contributed by atoms with Gasteiger partial charge in [-0.05, 0) is 29.9 Å². The molecule has 1 rings (SSSR count). The minimum atomic E-state index is -0.650. The first-order valence-corrected chi connectivity index (χ1v) is 5.66. The third-order valence-corrected chi connectivity index (χ3v) is 2.75. The number of nitrogens with zero attached hydrogens (tertiary/aromatic N) is 3. The van der Waals surface area contributed by atoms with Crippen molar-refractivity contribution in [2.45, 2.75) is 26.7 Å². The highest BCUT2D eigenvalue weighted by Gasteiger charge is 2.29. The van der Waals surface area contributed by atoms with Gasteiger partial charge in [-0.1, -0.05) is 19.9 Å². The molecule has 0 bridgehead atoms. The summed E-state index contributed by atoms with van der Waals surface area (Å²) in [4.78, 5) is 4.40. The maximum atomic E-state index is 8.94. The molecule has 0 heterocycles. The predicted molar refractivity (Wildman–Crippen MR) is 68.3 cm³/mol. The molecule has 0 saturated heterocycles. The molecule has 88 valence electrons. The quantitative estimate of drug-likeness (QED) is 0.696. The number of aliphatic imine (C=N–C) groups is 1. The molecule has 0 saturated carbocycles. The van der Waals surface area contributed by atoms with Gasteiger partial charge in [-0.15, -0.1) is 6.58 Å². The lowest BCUT2D eigenvalue weighted by Crippen LogP contribution is -2.24. The van der Waals surface area contributed by atoms with Crippen LogP contribution < -0.4 is 0 Å². The molecular weight excluding hydrogens is 210 g/mol. The molecule has 0 aromatic heterocycles. The fourth-order valence-electron chi connectivity index (χ4n) is 2.08. The first-order chi connectivity index (χ1) is 8.02. The minimum absolute atomic E-state index is 0.0655. The minimum Gasteiger partial charge on any atom is -0.286 e. The molecular formula is C14H17N3. The number of allylic oxidation sites excluding steroid dienone is 2. The molecule has 0 aromatic rings. The number of hydrogen-bond donors (Lipinski definition) is 0. The monoisotopic (exact) mass is 227 g/mol. The number of hydrogen-bond acceptors (Lipinski definition) is 3. The summed E-state index contributed by atoms with van der Waals surface area (Å²) in [5.74, 6) is -0.650. The molecule has 0 atom stereocenters. The topological polar surface area (TPSA) is 59.9 Å². The van der Waals surface area contributed by atoms with Gasteiger partial charge in [0.15, 0.2) is 5.92 Å². The van der Waals surface area contributed by atoms with Crippen molar-refractivity contribution < 1.29 is 0 Å². The van der Waals surface area contributed by atoms with Crippen molar-refractivity contribution in [2.24, 2.45) is 16.3 Å². The fraction of sp³-hybridized carbons (Fsp3) is 0.500. The van der Waals surface area contributed by atoms with Crippen LogP contribution in [0.3, 0.4) is 0 Å². The second-order valence-electron chi connectivity index (χ2n) is 5.05. The smallest absolute Gasteiger partial charge is 0.154 e. The third kappa shape index (κ3) is 3.57. The van der Waals surface area contributed by atoms with E-state index in [-0.39, 0.29) is 5.41 Å². The van der Waals surface area contributed by atoms with Gasteiger partial charge < -0.3 is 0 Å². The summed E-state index contributed by atoms with van der Waals surface area (Å²) >= 11 is 0. The first-order valence-electron chi connectivity index (χ1n) is 5.66. The molecule has 1 aliphatic carbocycles. The van der Waals surface area contributed by atoms with Crippen molar-refractivity contribution in [3.05, 3.63) is 24.3 Å². The molecule has 3 heteroatoms. The highest BCUT2D eigenvalue weighted by molar-refractivity contribution is 5.97. The summed E-state index contributed by atoms with van der Waals surface area (Å²) in [6.45, 7) is 8.49. The zero-order valence-electron chi connectivity index (χ0n) is 10.4. The van der Waals surface area contributed by atoms with Crippen LogP contribution >= 0.6 is 0 Å². The molecule has 0 amide bonds. The molecule has 0 fully saturated rings. The molecule has 0 unspecified atom stereocenters. The van der Waals surface area contributed by atoms with Crippen LogP contribution in [0.2, 0.25) is 0 Å². The number of rotatable bonds is 3. The zero-order valence-corrected chi connectivity index (χ0v) is 10.4. The van der Waals surface area contributed by atoms with Gasteiger partial charge >= 0.3 is 0 Å². The van der Waals surface area contributed by atoms with E-state index in [0.717, 1.165) is 24.1 Å². The van der Waals surface area contributed by atoms with Crippen LogP contribution in [0.5, 0.6) is 0 Å². The molecule has 3 nitrogen and oxygen atoms in total. The van der Waals surface area contributed by atoms with Gasteiger partial charge in [0, 0.05) is 5.71 Å². The van der Waals surface area contributed by atoms with Gasteiger partial charge in [-0.2, -0.15) is 10.5 Å². The van der Waals surface area contributed by atoms with E-state index >= 15 is 0 Å². The summed E-state index contributed by atoms with van der Waals surface area (Å²) in [5, 5.41) is 17.9. The highest BCUT2D eigenvalue weighted by Crippen LogP contribution is 2.36. The van der Waals surface area contributed by atoms with E-state index < -0.39 is 5.92 Å². The van der Waals surface area contributed by atoms with Crippen LogP contribution in [-0.2, 0) is 0 Å². The van der Waals surface area contributed by atoms with E-state index in [4.69, 9.17) is 10.5 Å². The molecule has 17 heavy (non-hydrogen) atoms. The van der Waals surface area contributed by atoms with Crippen molar-refractivity contribution in [1.29, 1.82) is 10.5 Å². The van der Waals surface area contributed by atoms with E-state index in [1.165, 1.54) is 0 Å². The third-order valence-electron chi connectivity index (χ3n) is 2.75. The van der Waals surface area contributed by atoms with Gasteiger partial charge in [-0.25, -0.2) is 0 Å². The summed E-state index contributed by atoms with van der Waals surface area (Å²) < 4.78 is 0. The molecule has 0 N–H and O–H groups in total. The predicted octanol–water partition coefficient (Wildman–Crippen LogP) is 3.02. The second kappa shape index (κ2) is 5.46. The van der Waals surface area contributed by atoms with Crippen LogP contribution in [0.15, 0.2) is 29.3 Å². The fourth-order valence-corrected chi connectivity index (χ4v) is 2.08. The van der Waals surface area contributed by atoms with Gasteiger partial charge in [-0.3, -0.25) is 4.99 Å². The highest BCUT2D eigenvalue weighted by atomic mass is 14.7. The van der Waals surface area contributed by atoms with E-state index in [9.17, 15) is 0 Å². The van der Waals surface area contributed by atoms with Gasteiger partial charge in [0.2, 0.25) is 0 Å². The Kier molecular flexibility index (Phi) is 4.24. The van der Waals surface area contributed by atoms with E-state index in [2.05, 4.69) is 25.4 Å². The molecule has 0 aromatic carbocycles. The van der Waals surface area contributed by atoms with E-state index in [1.807, 2.05) is 18.2 Å². The Balaban J connectivity index is 3.04. The van der Waals surface area contributed by atoms with Crippen LogP contribution in [0.25, 0.3) is 0 Å². The summed E-state index contributed by atoms with van der Waals surface area (Å²) in [6.07, 6.45) is 5.32. The van der Waals surface area contributed by atoms with Gasteiger partial charge in [0.05, 0.1) is 18.7 Å². The average molecular weight is 227 g/mol. The Labute approximate surface area is 103 Å². The molecule has 0 radical (unpaired) electrons. The lowest BCUT2D eigenvalue weighted by molar-refractivity contribution is 0.366. The van der Waals surface area contributed by atoms with Crippen LogP contribution in [-0.4, -0.2) is 12.3 Å². The maximum Gasteiger partial charge on any atom is 0.154 e. The zero-order chi connectivity index (χ0) is 12.9. The van der Waals surface area contributed by atoms with E-state index in [1.54, 1.807) is 6.08 Å². The summed E-state index contributed by atoms with van der Waals surface area (Å²) in [7, 11) is 0. The lowest BCUT2D eigenvalue weighted by atomic mass is 9.74. The van der Waals surface area contributed by atoms with Crippen LogP contribution in [0, 0.1) is 34.0 Å². The SMILES string of the molecule is C=CCN=C1C=C(C(C#N)C#N)CC(C)(C)C1. The van der Waals surface area contributed by atoms with Crippen molar-refractivity contribution in [1.82, 2.24) is 0 Å². The van der Waals surface area contributed by atoms with Crippen molar-refractivity contribution >= 4 is 5.71 Å². The largest absolute Gasteiger partial charge is 0.286 e. The second-order valence-corrected chi connectivity index (χ2v) is 5.05. The Morgan fingerprint density at radius 1 is 1.47 bits per heavy atom. The van der Waals surface area contributed by atoms with Crippen molar-refractivity contribution in [3.63, 3.8) is 0 Å². The Hall–Kier alpha value is -1.87. The summed E-state index contributed by atoms with van der Waals surface area (Å²) in [5.41, 5.74) is 1.91. The first kappa shape index (κ1) is 13.2. The normalized spacial score (nSPS) is 20.5. The number of nitriles is 2. The van der Waals surface area contributed by atoms with Crippen LogP contribution in [0.4, 0.5) is 0 Å². The van der Waals surface area contributed by atoms with Gasteiger partial charge in [0.25, 0.3) is 0 Å². The maximum absolute atomic E-state index is 8.94. The Bertz CT molecular complexity index is 427. The van der Waals surface area contributed by atoms with E-state index in [0.29, 0.717) is 6.54 Å².